The number of piperidine rings is 1. The molecule has 0 spiro atoms. The minimum Gasteiger partial charge on any atom is -0.444 e. The highest BCUT2D eigenvalue weighted by Crippen LogP contribution is 2.31. The average Bonchev–Trinajstić information content (AvgIpc) is 2.70. The Labute approximate surface area is 196 Å². The van der Waals surface area contributed by atoms with Gasteiger partial charge in [0.1, 0.15) is 23.4 Å². The van der Waals surface area contributed by atoms with Crippen molar-refractivity contribution in [3.63, 3.8) is 0 Å². The molecule has 170 valence electrons. The molecular formula is C22H23F2IN4O3. The van der Waals surface area contributed by atoms with E-state index in [9.17, 15) is 14.0 Å². The third kappa shape index (κ3) is 4.50. The van der Waals surface area contributed by atoms with Crippen LogP contribution in [0.25, 0.3) is 21.7 Å². The average molecular weight is 556 g/mol. The fourth-order valence-corrected chi connectivity index (χ4v) is 4.35. The number of anilines is 1. The van der Waals surface area contributed by atoms with Crippen molar-refractivity contribution < 1.29 is 18.3 Å². The molecule has 1 aliphatic rings. The van der Waals surface area contributed by atoms with E-state index in [1.165, 1.54) is 29.3 Å². The number of hydrogen-bond donors (Lipinski definition) is 2. The number of alkyl halides is 1. The Morgan fingerprint density at radius 2 is 2.09 bits per heavy atom. The maximum absolute atomic E-state index is 15.0. The molecule has 0 radical (unpaired) electrons. The first-order chi connectivity index (χ1) is 15.0. The fourth-order valence-electron chi connectivity index (χ4n) is 3.80. The number of pyridine rings is 2. The Morgan fingerprint density at radius 1 is 1.34 bits per heavy atom. The van der Waals surface area contributed by atoms with Gasteiger partial charge in [-0.15, -0.1) is 0 Å². The monoisotopic (exact) mass is 556 g/mol. The Hall–Kier alpha value is -2.50. The van der Waals surface area contributed by atoms with Gasteiger partial charge in [-0.25, -0.2) is 18.6 Å². The summed E-state index contributed by atoms with van der Waals surface area (Å²) in [6.45, 7) is 5.50. The smallest absolute Gasteiger partial charge is 0.410 e. The van der Waals surface area contributed by atoms with Crippen molar-refractivity contribution >= 4 is 56.2 Å². The summed E-state index contributed by atoms with van der Waals surface area (Å²) >= 11 is 2.04. The van der Waals surface area contributed by atoms with Crippen LogP contribution in [-0.2, 0) is 4.74 Å². The molecule has 0 aliphatic carbocycles. The number of benzene rings is 1. The SMILES string of the molecule is CC(C)(C)OC(=O)N1CCC(Nc2nc3c(I)c[nH]c(=O)c3c3cc(F)ccc23)C(F)C1. The van der Waals surface area contributed by atoms with E-state index in [0.29, 0.717) is 38.6 Å². The number of rotatable bonds is 2. The Morgan fingerprint density at radius 3 is 2.78 bits per heavy atom. The number of likely N-dealkylation sites (tertiary alicyclic amines) is 1. The van der Waals surface area contributed by atoms with Gasteiger partial charge < -0.3 is 19.9 Å². The van der Waals surface area contributed by atoms with Crippen molar-refractivity contribution in [1.82, 2.24) is 14.9 Å². The standard InChI is InChI=1S/C22H23F2IN4O3/c1-22(2,3)32-21(31)29-7-6-16(14(24)10-29)27-19-12-5-4-11(23)8-13(12)17-18(28-19)15(25)9-26-20(17)30/h4-5,8-9,14,16H,6-7,10H2,1-3H3,(H,26,30)(H,27,28). The number of carbonyl (C=O) groups is 1. The van der Waals surface area contributed by atoms with Crippen LogP contribution < -0.4 is 10.9 Å². The highest BCUT2D eigenvalue weighted by molar-refractivity contribution is 14.1. The highest BCUT2D eigenvalue weighted by Gasteiger charge is 2.34. The van der Waals surface area contributed by atoms with E-state index >= 15 is 4.39 Å². The molecule has 10 heteroatoms. The lowest BCUT2D eigenvalue weighted by Gasteiger charge is -2.36. The number of nitrogens with one attached hydrogen (secondary N) is 2. The second-order valence-electron chi connectivity index (χ2n) is 8.82. The molecule has 2 unspecified atom stereocenters. The second kappa shape index (κ2) is 8.45. The van der Waals surface area contributed by atoms with E-state index in [4.69, 9.17) is 4.74 Å². The van der Waals surface area contributed by atoms with E-state index in [0.717, 1.165) is 0 Å². The summed E-state index contributed by atoms with van der Waals surface area (Å²) in [4.78, 5) is 33.3. The maximum atomic E-state index is 15.0. The summed E-state index contributed by atoms with van der Waals surface area (Å²) in [6, 6.07) is 3.49. The quantitative estimate of drug-likeness (QED) is 0.357. The molecule has 0 bridgehead atoms. The summed E-state index contributed by atoms with van der Waals surface area (Å²) in [7, 11) is 0. The van der Waals surface area contributed by atoms with Crippen LogP contribution >= 0.6 is 22.6 Å². The highest BCUT2D eigenvalue weighted by atomic mass is 127. The molecule has 2 aromatic heterocycles. The zero-order valence-electron chi connectivity index (χ0n) is 17.8. The van der Waals surface area contributed by atoms with Crippen LogP contribution in [0, 0.1) is 9.39 Å². The molecule has 2 N–H and O–H groups in total. The number of aromatic nitrogens is 2. The Bertz CT molecular complexity index is 1260. The molecule has 3 aromatic rings. The molecule has 1 amide bonds. The molecule has 4 rings (SSSR count). The summed E-state index contributed by atoms with van der Waals surface area (Å²) in [5.74, 6) is -0.113. The summed E-state index contributed by atoms with van der Waals surface area (Å²) in [6.07, 6.45) is -0.0284. The van der Waals surface area contributed by atoms with Gasteiger partial charge in [0.15, 0.2) is 0 Å². The number of aromatic amines is 1. The molecule has 3 heterocycles. The molecule has 1 saturated heterocycles. The molecule has 2 atom stereocenters. The minimum absolute atomic E-state index is 0.107. The van der Waals surface area contributed by atoms with E-state index < -0.39 is 29.7 Å². The maximum Gasteiger partial charge on any atom is 0.410 e. The van der Waals surface area contributed by atoms with Gasteiger partial charge in [0.05, 0.1) is 27.1 Å². The van der Waals surface area contributed by atoms with Gasteiger partial charge >= 0.3 is 6.09 Å². The Balaban J connectivity index is 1.66. The van der Waals surface area contributed by atoms with Crippen molar-refractivity contribution in [2.24, 2.45) is 0 Å². The van der Waals surface area contributed by atoms with Gasteiger partial charge in [-0.05, 0) is 68.0 Å². The van der Waals surface area contributed by atoms with Crippen LogP contribution in [0.15, 0.2) is 29.2 Å². The number of H-pyrrole nitrogens is 1. The lowest BCUT2D eigenvalue weighted by atomic mass is 10.0. The van der Waals surface area contributed by atoms with Crippen LogP contribution in [0.3, 0.4) is 0 Å². The van der Waals surface area contributed by atoms with E-state index in [1.54, 1.807) is 20.8 Å². The van der Waals surface area contributed by atoms with E-state index in [2.05, 4.69) is 15.3 Å². The van der Waals surface area contributed by atoms with Gasteiger partial charge in [-0.2, -0.15) is 0 Å². The molecule has 1 aliphatic heterocycles. The van der Waals surface area contributed by atoms with Crippen LogP contribution in [0.1, 0.15) is 27.2 Å². The summed E-state index contributed by atoms with van der Waals surface area (Å²) < 4.78 is 35.1. The third-order valence-corrected chi connectivity index (χ3v) is 6.09. The molecule has 1 aromatic carbocycles. The molecule has 7 nitrogen and oxygen atoms in total. The third-order valence-electron chi connectivity index (χ3n) is 5.26. The van der Waals surface area contributed by atoms with Crippen molar-refractivity contribution in [3.05, 3.63) is 44.1 Å². The Kier molecular flexibility index (Phi) is 5.99. The lowest BCUT2D eigenvalue weighted by Crippen LogP contribution is -2.51. The number of ether oxygens (including phenoxy) is 1. The van der Waals surface area contributed by atoms with Crippen LogP contribution in [0.2, 0.25) is 0 Å². The van der Waals surface area contributed by atoms with Gasteiger partial charge in [0, 0.05) is 23.5 Å². The fraction of sp³-hybridized carbons (Fsp3) is 0.409. The van der Waals surface area contributed by atoms with Gasteiger partial charge in [-0.3, -0.25) is 4.79 Å². The summed E-state index contributed by atoms with van der Waals surface area (Å²) in [5.41, 5.74) is -0.614. The first-order valence-electron chi connectivity index (χ1n) is 10.2. The first kappa shape index (κ1) is 22.7. The van der Waals surface area contributed by atoms with Gasteiger partial charge in [0.25, 0.3) is 5.56 Å². The molecule has 32 heavy (non-hydrogen) atoms. The van der Waals surface area contributed by atoms with E-state index in [1.807, 2.05) is 22.6 Å². The van der Waals surface area contributed by atoms with Gasteiger partial charge in [-0.1, -0.05) is 0 Å². The molecule has 1 fully saturated rings. The summed E-state index contributed by atoms with van der Waals surface area (Å²) in [5, 5.41) is 4.35. The lowest BCUT2D eigenvalue weighted by molar-refractivity contribution is 0.0125. The minimum atomic E-state index is -1.36. The van der Waals surface area contributed by atoms with Gasteiger partial charge in [0.2, 0.25) is 0 Å². The number of amides is 1. The number of nitrogens with zero attached hydrogens (tertiary/aromatic N) is 2. The van der Waals surface area contributed by atoms with Crippen molar-refractivity contribution in [2.75, 3.05) is 18.4 Å². The second-order valence-corrected chi connectivity index (χ2v) is 9.98. The topological polar surface area (TPSA) is 87.3 Å². The number of halogens is 3. The van der Waals surface area contributed by atoms with Crippen LogP contribution in [0.4, 0.5) is 19.4 Å². The molecular weight excluding hydrogens is 533 g/mol. The number of carbonyl (C=O) groups excluding carboxylic acids is 1. The predicted octanol–water partition coefficient (Wildman–Crippen LogP) is 4.58. The van der Waals surface area contributed by atoms with Crippen molar-refractivity contribution in [2.45, 2.75) is 45.0 Å². The largest absolute Gasteiger partial charge is 0.444 e. The number of fused-ring (bicyclic) bond motifs is 3. The van der Waals surface area contributed by atoms with E-state index in [-0.39, 0.29) is 17.5 Å². The molecule has 0 saturated carbocycles. The number of hydrogen-bond acceptors (Lipinski definition) is 5. The van der Waals surface area contributed by atoms with Crippen molar-refractivity contribution in [1.29, 1.82) is 0 Å². The van der Waals surface area contributed by atoms with Crippen LogP contribution in [0.5, 0.6) is 0 Å². The zero-order valence-corrected chi connectivity index (χ0v) is 20.0. The normalized spacial score (nSPS) is 19.4. The predicted molar refractivity (Wildman–Crippen MR) is 127 cm³/mol. The first-order valence-corrected chi connectivity index (χ1v) is 11.3. The van der Waals surface area contributed by atoms with Crippen LogP contribution in [-0.4, -0.2) is 51.9 Å². The van der Waals surface area contributed by atoms with Crippen molar-refractivity contribution in [3.8, 4) is 0 Å². The zero-order chi connectivity index (χ0) is 23.2.